The third-order valence-electron chi connectivity index (χ3n) is 5.00. The first kappa shape index (κ1) is 18.5. The zero-order valence-corrected chi connectivity index (χ0v) is 15.2. The van der Waals surface area contributed by atoms with Crippen LogP contribution in [-0.4, -0.2) is 73.7 Å². The highest BCUT2D eigenvalue weighted by molar-refractivity contribution is 5.85. The van der Waals surface area contributed by atoms with E-state index in [1.165, 1.54) is 38.2 Å². The molecule has 0 aromatic carbocycles. The van der Waals surface area contributed by atoms with Crippen LogP contribution in [0.3, 0.4) is 0 Å². The lowest BCUT2D eigenvalue weighted by Crippen LogP contribution is -2.49. The molecule has 1 atom stereocenters. The Bertz CT molecular complexity index is 461. The summed E-state index contributed by atoms with van der Waals surface area (Å²) >= 11 is 0. The standard InChI is InChI=1S/C17H29N5.ClH/c1-3-20(2)17-5-4-15(12-19-17)13-21-9-6-16(14-21)22-10-7-18-8-11-22;/h4-5,12,16,18H,3,6-11,13-14H2,1-2H3;1H. The van der Waals surface area contributed by atoms with E-state index in [0.29, 0.717) is 0 Å². The largest absolute Gasteiger partial charge is 0.360 e. The van der Waals surface area contributed by atoms with Gasteiger partial charge in [-0.25, -0.2) is 4.98 Å². The van der Waals surface area contributed by atoms with Gasteiger partial charge in [-0.1, -0.05) is 6.07 Å². The van der Waals surface area contributed by atoms with Crippen molar-refractivity contribution in [3.05, 3.63) is 23.9 Å². The van der Waals surface area contributed by atoms with E-state index >= 15 is 0 Å². The summed E-state index contributed by atoms with van der Waals surface area (Å²) in [6.45, 7) is 11.3. The molecule has 1 N–H and O–H groups in total. The van der Waals surface area contributed by atoms with E-state index in [-0.39, 0.29) is 12.4 Å². The van der Waals surface area contributed by atoms with Crippen molar-refractivity contribution < 1.29 is 0 Å². The minimum absolute atomic E-state index is 0. The summed E-state index contributed by atoms with van der Waals surface area (Å²) in [5.74, 6) is 1.06. The maximum absolute atomic E-state index is 4.58. The van der Waals surface area contributed by atoms with E-state index in [2.05, 4.69) is 51.1 Å². The van der Waals surface area contributed by atoms with Gasteiger partial charge in [-0.15, -0.1) is 12.4 Å². The van der Waals surface area contributed by atoms with Crippen LogP contribution in [0, 0.1) is 0 Å². The van der Waals surface area contributed by atoms with Crippen LogP contribution in [0.1, 0.15) is 18.9 Å². The molecule has 2 saturated heterocycles. The zero-order valence-electron chi connectivity index (χ0n) is 14.4. The number of anilines is 1. The monoisotopic (exact) mass is 339 g/mol. The topological polar surface area (TPSA) is 34.6 Å². The van der Waals surface area contributed by atoms with Crippen LogP contribution in [-0.2, 0) is 6.54 Å². The summed E-state index contributed by atoms with van der Waals surface area (Å²) in [5, 5.41) is 3.44. The third kappa shape index (κ3) is 4.80. The number of pyridine rings is 1. The second kappa shape index (κ2) is 8.83. The Labute approximate surface area is 146 Å². The Morgan fingerprint density at radius 3 is 2.70 bits per heavy atom. The Kier molecular flexibility index (Phi) is 7.09. The first-order valence-electron chi connectivity index (χ1n) is 8.59. The summed E-state index contributed by atoms with van der Waals surface area (Å²) < 4.78 is 0. The molecule has 1 aromatic rings. The van der Waals surface area contributed by atoms with Crippen molar-refractivity contribution in [2.75, 3.05) is 57.8 Å². The molecule has 3 heterocycles. The fraction of sp³-hybridized carbons (Fsp3) is 0.706. The molecule has 0 saturated carbocycles. The predicted molar refractivity (Wildman–Crippen MR) is 98.6 cm³/mol. The summed E-state index contributed by atoms with van der Waals surface area (Å²) in [6, 6.07) is 5.12. The molecule has 2 aliphatic rings. The number of nitrogens with zero attached hydrogens (tertiary/aromatic N) is 4. The van der Waals surface area contributed by atoms with Gasteiger partial charge in [0.1, 0.15) is 5.82 Å². The van der Waals surface area contributed by atoms with Gasteiger partial charge in [-0.05, 0) is 25.0 Å². The van der Waals surface area contributed by atoms with Crippen LogP contribution in [0.2, 0.25) is 0 Å². The average molecular weight is 340 g/mol. The van der Waals surface area contributed by atoms with Crippen LogP contribution < -0.4 is 10.2 Å². The van der Waals surface area contributed by atoms with Gasteiger partial charge < -0.3 is 10.2 Å². The van der Waals surface area contributed by atoms with Gasteiger partial charge in [0.05, 0.1) is 0 Å². The van der Waals surface area contributed by atoms with Gasteiger partial charge in [0, 0.05) is 71.6 Å². The number of likely N-dealkylation sites (tertiary alicyclic amines) is 1. The van der Waals surface area contributed by atoms with E-state index in [9.17, 15) is 0 Å². The van der Waals surface area contributed by atoms with Crippen LogP contribution >= 0.6 is 12.4 Å². The summed E-state index contributed by atoms with van der Waals surface area (Å²) in [4.78, 5) is 12.0. The van der Waals surface area contributed by atoms with Crippen molar-refractivity contribution in [1.82, 2.24) is 20.1 Å². The van der Waals surface area contributed by atoms with E-state index in [1.807, 2.05) is 6.20 Å². The lowest BCUT2D eigenvalue weighted by atomic mass is 10.2. The molecule has 2 aliphatic heterocycles. The molecule has 130 valence electrons. The molecule has 0 bridgehead atoms. The molecule has 2 fully saturated rings. The molecular weight excluding hydrogens is 310 g/mol. The molecule has 3 rings (SSSR count). The summed E-state index contributed by atoms with van der Waals surface area (Å²) in [6.07, 6.45) is 3.35. The maximum Gasteiger partial charge on any atom is 0.128 e. The number of nitrogens with one attached hydrogen (secondary N) is 1. The first-order chi connectivity index (χ1) is 10.8. The minimum atomic E-state index is 0. The minimum Gasteiger partial charge on any atom is -0.360 e. The molecule has 5 nitrogen and oxygen atoms in total. The number of aromatic nitrogens is 1. The quantitative estimate of drug-likeness (QED) is 0.878. The van der Waals surface area contributed by atoms with Crippen LogP contribution in [0.5, 0.6) is 0 Å². The SMILES string of the molecule is CCN(C)c1ccc(CN2CCC(N3CCNCC3)C2)cn1.Cl. The Balaban J connectivity index is 0.00000192. The lowest BCUT2D eigenvalue weighted by molar-refractivity contribution is 0.170. The molecule has 0 aliphatic carbocycles. The lowest BCUT2D eigenvalue weighted by Gasteiger charge is -2.32. The van der Waals surface area contributed by atoms with Crippen molar-refractivity contribution >= 4 is 18.2 Å². The molecule has 1 aromatic heterocycles. The van der Waals surface area contributed by atoms with E-state index in [4.69, 9.17) is 0 Å². The Hall–Kier alpha value is -0.880. The van der Waals surface area contributed by atoms with Crippen molar-refractivity contribution in [3.63, 3.8) is 0 Å². The molecule has 23 heavy (non-hydrogen) atoms. The summed E-state index contributed by atoms with van der Waals surface area (Å²) in [7, 11) is 2.08. The number of piperazine rings is 1. The summed E-state index contributed by atoms with van der Waals surface area (Å²) in [5.41, 5.74) is 1.33. The van der Waals surface area contributed by atoms with Crippen molar-refractivity contribution in [3.8, 4) is 0 Å². The van der Waals surface area contributed by atoms with Crippen LogP contribution in [0.15, 0.2) is 18.3 Å². The highest BCUT2D eigenvalue weighted by Gasteiger charge is 2.28. The van der Waals surface area contributed by atoms with E-state index < -0.39 is 0 Å². The third-order valence-corrected chi connectivity index (χ3v) is 5.00. The highest BCUT2D eigenvalue weighted by atomic mass is 35.5. The van der Waals surface area contributed by atoms with E-state index in [0.717, 1.165) is 38.0 Å². The number of rotatable bonds is 5. The second-order valence-electron chi connectivity index (χ2n) is 6.50. The number of halogens is 1. The Morgan fingerprint density at radius 1 is 1.26 bits per heavy atom. The zero-order chi connectivity index (χ0) is 15.4. The van der Waals surface area contributed by atoms with Gasteiger partial charge in [0.2, 0.25) is 0 Å². The molecular formula is C17H30ClN5. The van der Waals surface area contributed by atoms with Gasteiger partial charge in [0.25, 0.3) is 0 Å². The van der Waals surface area contributed by atoms with Gasteiger partial charge in [-0.3, -0.25) is 9.80 Å². The highest BCUT2D eigenvalue weighted by Crippen LogP contribution is 2.19. The molecule has 1 unspecified atom stereocenters. The molecule has 6 heteroatoms. The molecule has 0 amide bonds. The second-order valence-corrected chi connectivity index (χ2v) is 6.50. The van der Waals surface area contributed by atoms with Crippen molar-refractivity contribution in [1.29, 1.82) is 0 Å². The predicted octanol–water partition coefficient (Wildman–Crippen LogP) is 1.44. The van der Waals surface area contributed by atoms with Crippen molar-refractivity contribution in [2.24, 2.45) is 0 Å². The normalized spacial score (nSPS) is 22.8. The Morgan fingerprint density at radius 2 is 2.04 bits per heavy atom. The maximum atomic E-state index is 4.58. The van der Waals surface area contributed by atoms with Crippen molar-refractivity contribution in [2.45, 2.75) is 25.9 Å². The fourth-order valence-corrected chi connectivity index (χ4v) is 3.46. The fourth-order valence-electron chi connectivity index (χ4n) is 3.46. The number of hydrogen-bond acceptors (Lipinski definition) is 5. The smallest absolute Gasteiger partial charge is 0.128 e. The van der Waals surface area contributed by atoms with Gasteiger partial charge in [0.15, 0.2) is 0 Å². The first-order valence-corrected chi connectivity index (χ1v) is 8.59. The number of hydrogen-bond donors (Lipinski definition) is 1. The van der Waals surface area contributed by atoms with E-state index in [1.54, 1.807) is 0 Å². The molecule has 0 spiro atoms. The van der Waals surface area contributed by atoms with Crippen LogP contribution in [0.25, 0.3) is 0 Å². The molecule has 0 radical (unpaired) electrons. The van der Waals surface area contributed by atoms with Gasteiger partial charge in [-0.2, -0.15) is 0 Å². The van der Waals surface area contributed by atoms with Gasteiger partial charge >= 0.3 is 0 Å². The average Bonchev–Trinajstić information content (AvgIpc) is 3.04. The van der Waals surface area contributed by atoms with Crippen LogP contribution in [0.4, 0.5) is 5.82 Å².